The van der Waals surface area contributed by atoms with Gasteiger partial charge in [0.25, 0.3) is 5.91 Å². The van der Waals surface area contributed by atoms with Crippen LogP contribution < -0.4 is 15.5 Å². The standard InChI is InChI=1S/C19H24N4O3S/c24-17(6-2-8-21-19(25)16-5-3-13-27-16)22-14-15-4-1-7-20-18(15)23-9-11-26-12-10-23/h1,3-5,7,13H,2,6,8-12,14H2,(H,21,25)(H,22,24). The number of nitrogens with one attached hydrogen (secondary N) is 2. The van der Waals surface area contributed by atoms with E-state index in [0.29, 0.717) is 44.0 Å². The Morgan fingerprint density at radius 1 is 1.19 bits per heavy atom. The van der Waals surface area contributed by atoms with Crippen molar-refractivity contribution >= 4 is 29.0 Å². The van der Waals surface area contributed by atoms with Crippen LogP contribution in [0.4, 0.5) is 5.82 Å². The zero-order valence-electron chi connectivity index (χ0n) is 15.1. The Morgan fingerprint density at radius 2 is 2.04 bits per heavy atom. The lowest BCUT2D eigenvalue weighted by atomic mass is 10.2. The number of morpholine rings is 1. The van der Waals surface area contributed by atoms with Crippen LogP contribution in [-0.2, 0) is 16.1 Å². The summed E-state index contributed by atoms with van der Waals surface area (Å²) in [6.07, 6.45) is 2.75. The third-order valence-corrected chi connectivity index (χ3v) is 5.13. The van der Waals surface area contributed by atoms with Crippen molar-refractivity contribution in [1.82, 2.24) is 15.6 Å². The lowest BCUT2D eigenvalue weighted by molar-refractivity contribution is -0.121. The summed E-state index contributed by atoms with van der Waals surface area (Å²) in [5, 5.41) is 7.64. The number of ether oxygens (including phenoxy) is 1. The molecule has 0 saturated carbocycles. The SMILES string of the molecule is O=C(CCCNC(=O)c1cccs1)NCc1cccnc1N1CCOCC1. The number of hydrogen-bond acceptors (Lipinski definition) is 6. The van der Waals surface area contributed by atoms with E-state index in [0.717, 1.165) is 24.5 Å². The summed E-state index contributed by atoms with van der Waals surface area (Å²) >= 11 is 1.41. The van der Waals surface area contributed by atoms with Gasteiger partial charge >= 0.3 is 0 Å². The molecule has 7 nitrogen and oxygen atoms in total. The molecule has 0 unspecified atom stereocenters. The minimum absolute atomic E-state index is 0.0304. The fourth-order valence-electron chi connectivity index (χ4n) is 2.86. The van der Waals surface area contributed by atoms with Crippen molar-refractivity contribution in [2.45, 2.75) is 19.4 Å². The van der Waals surface area contributed by atoms with Gasteiger partial charge in [0, 0.05) is 44.4 Å². The predicted molar refractivity (Wildman–Crippen MR) is 105 cm³/mol. The van der Waals surface area contributed by atoms with Crippen molar-refractivity contribution in [3.05, 3.63) is 46.3 Å². The van der Waals surface area contributed by atoms with E-state index in [-0.39, 0.29) is 11.8 Å². The number of amides is 2. The van der Waals surface area contributed by atoms with Gasteiger partial charge in [0.1, 0.15) is 5.82 Å². The highest BCUT2D eigenvalue weighted by Crippen LogP contribution is 2.18. The van der Waals surface area contributed by atoms with Crippen LogP contribution in [0.2, 0.25) is 0 Å². The van der Waals surface area contributed by atoms with E-state index in [2.05, 4.69) is 20.5 Å². The first-order chi connectivity index (χ1) is 13.2. The van der Waals surface area contributed by atoms with Gasteiger partial charge in [0.15, 0.2) is 0 Å². The van der Waals surface area contributed by atoms with Crippen molar-refractivity contribution in [2.24, 2.45) is 0 Å². The van der Waals surface area contributed by atoms with Crippen LogP contribution in [0.3, 0.4) is 0 Å². The third kappa shape index (κ3) is 5.77. The molecule has 0 atom stereocenters. The first kappa shape index (κ1) is 19.3. The second-order valence-corrected chi connectivity index (χ2v) is 7.15. The molecule has 2 aromatic heterocycles. The van der Waals surface area contributed by atoms with Crippen molar-refractivity contribution in [2.75, 3.05) is 37.7 Å². The molecule has 0 spiro atoms. The first-order valence-electron chi connectivity index (χ1n) is 9.09. The Balaban J connectivity index is 1.39. The summed E-state index contributed by atoms with van der Waals surface area (Å²) in [6, 6.07) is 7.49. The van der Waals surface area contributed by atoms with E-state index < -0.39 is 0 Å². The fourth-order valence-corrected chi connectivity index (χ4v) is 3.50. The highest BCUT2D eigenvalue weighted by molar-refractivity contribution is 7.12. The lowest BCUT2D eigenvalue weighted by Crippen LogP contribution is -2.37. The van der Waals surface area contributed by atoms with Gasteiger partial charge in [-0.25, -0.2) is 4.98 Å². The highest BCUT2D eigenvalue weighted by Gasteiger charge is 2.16. The Labute approximate surface area is 162 Å². The summed E-state index contributed by atoms with van der Waals surface area (Å²) < 4.78 is 5.39. The molecule has 1 saturated heterocycles. The maximum atomic E-state index is 12.1. The molecule has 1 fully saturated rings. The summed E-state index contributed by atoms with van der Waals surface area (Å²) in [5.41, 5.74) is 0.999. The van der Waals surface area contributed by atoms with Gasteiger partial charge in [-0.1, -0.05) is 12.1 Å². The summed E-state index contributed by atoms with van der Waals surface area (Å²) in [6.45, 7) is 3.93. The molecule has 2 aromatic rings. The van der Waals surface area contributed by atoms with Crippen LogP contribution in [0.15, 0.2) is 35.8 Å². The van der Waals surface area contributed by atoms with Crippen molar-refractivity contribution < 1.29 is 14.3 Å². The number of nitrogens with zero attached hydrogens (tertiary/aromatic N) is 2. The summed E-state index contributed by atoms with van der Waals surface area (Å²) in [7, 11) is 0. The first-order valence-corrected chi connectivity index (χ1v) is 9.97. The van der Waals surface area contributed by atoms with Crippen molar-refractivity contribution in [1.29, 1.82) is 0 Å². The average Bonchev–Trinajstić information content (AvgIpc) is 3.25. The third-order valence-electron chi connectivity index (χ3n) is 4.27. The normalized spacial score (nSPS) is 14.0. The molecule has 0 aromatic carbocycles. The van der Waals surface area contributed by atoms with Crippen LogP contribution in [-0.4, -0.2) is 49.6 Å². The largest absolute Gasteiger partial charge is 0.378 e. The average molecular weight is 388 g/mol. The molecule has 3 rings (SSSR count). The van der Waals surface area contributed by atoms with Gasteiger partial charge in [-0.2, -0.15) is 0 Å². The van der Waals surface area contributed by atoms with Crippen LogP contribution >= 0.6 is 11.3 Å². The molecular formula is C19H24N4O3S. The van der Waals surface area contributed by atoms with Gasteiger partial charge in [-0.3, -0.25) is 9.59 Å². The van der Waals surface area contributed by atoms with E-state index in [1.165, 1.54) is 11.3 Å². The van der Waals surface area contributed by atoms with Crippen molar-refractivity contribution in [3.8, 4) is 0 Å². The maximum Gasteiger partial charge on any atom is 0.261 e. The Bertz CT molecular complexity index is 745. The molecule has 1 aliphatic heterocycles. The molecule has 0 bridgehead atoms. The zero-order chi connectivity index (χ0) is 18.9. The van der Waals surface area contributed by atoms with E-state index in [4.69, 9.17) is 4.74 Å². The van der Waals surface area contributed by atoms with Crippen LogP contribution in [0.5, 0.6) is 0 Å². The lowest BCUT2D eigenvalue weighted by Gasteiger charge is -2.29. The Kier molecular flexibility index (Phi) is 7.18. The molecule has 0 aliphatic carbocycles. The van der Waals surface area contributed by atoms with Crippen LogP contribution in [0, 0.1) is 0 Å². The number of aromatic nitrogens is 1. The number of thiophene rings is 1. The zero-order valence-corrected chi connectivity index (χ0v) is 16.0. The molecule has 2 amide bonds. The van der Waals surface area contributed by atoms with Crippen molar-refractivity contribution in [3.63, 3.8) is 0 Å². The van der Waals surface area contributed by atoms with E-state index in [9.17, 15) is 9.59 Å². The summed E-state index contributed by atoms with van der Waals surface area (Å²) in [4.78, 5) is 31.3. The molecule has 3 heterocycles. The second-order valence-electron chi connectivity index (χ2n) is 6.20. The quantitative estimate of drug-likeness (QED) is 0.674. The molecule has 27 heavy (non-hydrogen) atoms. The topological polar surface area (TPSA) is 83.6 Å². The summed E-state index contributed by atoms with van der Waals surface area (Å²) in [5.74, 6) is 0.789. The van der Waals surface area contributed by atoms with Gasteiger partial charge < -0.3 is 20.3 Å². The van der Waals surface area contributed by atoms with Crippen LogP contribution in [0.25, 0.3) is 0 Å². The number of hydrogen-bond donors (Lipinski definition) is 2. The Hall–Kier alpha value is -2.45. The molecule has 2 N–H and O–H groups in total. The molecule has 8 heteroatoms. The molecule has 1 aliphatic rings. The van der Waals surface area contributed by atoms with Gasteiger partial charge in [-0.05, 0) is 23.9 Å². The highest BCUT2D eigenvalue weighted by atomic mass is 32.1. The minimum atomic E-state index is -0.0871. The number of anilines is 1. The van der Waals surface area contributed by atoms with E-state index in [1.54, 1.807) is 12.3 Å². The van der Waals surface area contributed by atoms with Gasteiger partial charge in [-0.15, -0.1) is 11.3 Å². The van der Waals surface area contributed by atoms with E-state index in [1.807, 2.05) is 23.6 Å². The predicted octanol–water partition coefficient (Wildman–Crippen LogP) is 1.81. The number of rotatable bonds is 8. The monoisotopic (exact) mass is 388 g/mol. The molecular weight excluding hydrogens is 364 g/mol. The number of pyridine rings is 1. The maximum absolute atomic E-state index is 12.1. The van der Waals surface area contributed by atoms with Gasteiger partial charge in [0.05, 0.1) is 18.1 Å². The Morgan fingerprint density at radius 3 is 2.81 bits per heavy atom. The minimum Gasteiger partial charge on any atom is -0.378 e. The molecule has 0 radical (unpaired) electrons. The number of carbonyl (C=O) groups is 2. The fraction of sp³-hybridized carbons (Fsp3) is 0.421. The smallest absolute Gasteiger partial charge is 0.261 e. The number of carbonyl (C=O) groups excluding carboxylic acids is 2. The van der Waals surface area contributed by atoms with Gasteiger partial charge in [0.2, 0.25) is 5.91 Å². The second kappa shape index (κ2) is 10.0. The van der Waals surface area contributed by atoms with Crippen LogP contribution in [0.1, 0.15) is 28.1 Å². The van der Waals surface area contributed by atoms with E-state index >= 15 is 0 Å². The molecule has 144 valence electrons.